The lowest BCUT2D eigenvalue weighted by molar-refractivity contribution is 0.0409. The van der Waals surface area contributed by atoms with Crippen molar-refractivity contribution in [2.45, 2.75) is 38.9 Å². The molecule has 0 N–H and O–H groups in total. The summed E-state index contributed by atoms with van der Waals surface area (Å²) >= 11 is 5.11. The van der Waals surface area contributed by atoms with Crippen LogP contribution in [0.3, 0.4) is 0 Å². The number of amides is 1. The van der Waals surface area contributed by atoms with Gasteiger partial charge >= 0.3 is 11.5 Å². The molecule has 1 heterocycles. The summed E-state index contributed by atoms with van der Waals surface area (Å²) in [4.78, 5) is 23.6. The fourth-order valence-corrected chi connectivity index (χ4v) is 1.69. The van der Waals surface area contributed by atoms with E-state index >= 15 is 0 Å². The summed E-state index contributed by atoms with van der Waals surface area (Å²) in [6, 6.07) is 0. The number of likely N-dealkylation sites (tertiary alicyclic amines) is 1. The van der Waals surface area contributed by atoms with Crippen LogP contribution >= 0.6 is 11.6 Å². The van der Waals surface area contributed by atoms with Gasteiger partial charge in [0.25, 0.3) is 0 Å². The highest BCUT2D eigenvalue weighted by Gasteiger charge is 2.25. The van der Waals surface area contributed by atoms with Crippen LogP contribution in [0.25, 0.3) is 0 Å². The molecule has 6 heteroatoms. The van der Waals surface area contributed by atoms with E-state index in [1.807, 2.05) is 0 Å². The molecule has 1 fully saturated rings. The number of ether oxygens (including phenoxy) is 2. The Morgan fingerprint density at radius 3 is 2.31 bits per heavy atom. The largest absolute Gasteiger partial charge is 0.450 e. The summed E-state index contributed by atoms with van der Waals surface area (Å²) < 4.78 is 9.91. The highest BCUT2D eigenvalue weighted by molar-refractivity contribution is 6.61. The highest BCUT2D eigenvalue weighted by atomic mass is 35.5. The summed E-state index contributed by atoms with van der Waals surface area (Å²) in [5, 5.41) is 0. The van der Waals surface area contributed by atoms with E-state index < -0.39 is 5.43 Å². The van der Waals surface area contributed by atoms with Crippen LogP contribution in [0.15, 0.2) is 0 Å². The lowest BCUT2D eigenvalue weighted by Gasteiger charge is -2.30. The molecule has 1 aliphatic rings. The monoisotopic (exact) mass is 249 g/mol. The van der Waals surface area contributed by atoms with Crippen LogP contribution in [0, 0.1) is 0 Å². The molecule has 5 nitrogen and oxygen atoms in total. The van der Waals surface area contributed by atoms with Gasteiger partial charge in [0.05, 0.1) is 6.10 Å². The summed E-state index contributed by atoms with van der Waals surface area (Å²) in [6.07, 6.45) is 0.585. The van der Waals surface area contributed by atoms with E-state index in [1.165, 1.54) is 0 Å². The van der Waals surface area contributed by atoms with E-state index in [1.54, 1.807) is 18.7 Å². The first-order valence-corrected chi connectivity index (χ1v) is 5.68. The fraction of sp³-hybridized carbons (Fsp3) is 0.800. The van der Waals surface area contributed by atoms with E-state index in [-0.39, 0.29) is 18.3 Å². The van der Waals surface area contributed by atoms with E-state index in [9.17, 15) is 9.59 Å². The van der Waals surface area contributed by atoms with Crippen molar-refractivity contribution in [2.75, 3.05) is 13.1 Å². The van der Waals surface area contributed by atoms with E-state index in [2.05, 4.69) is 0 Å². The standard InChI is InChI=1S/C10H16ClNO4/c1-7(2)15-10(14)12-5-3-8(4-6-12)16-9(11)13/h7-8H,3-6H2,1-2H3. The minimum Gasteiger partial charge on any atom is -0.450 e. The summed E-state index contributed by atoms with van der Waals surface area (Å²) in [6.45, 7) is 4.67. The van der Waals surface area contributed by atoms with Crippen LogP contribution in [0.5, 0.6) is 0 Å². The minimum atomic E-state index is -0.789. The lowest BCUT2D eigenvalue weighted by Crippen LogP contribution is -2.42. The summed E-state index contributed by atoms with van der Waals surface area (Å²) in [7, 11) is 0. The third-order valence-electron chi connectivity index (χ3n) is 2.30. The Kier molecular flexibility index (Phi) is 4.86. The highest BCUT2D eigenvalue weighted by Crippen LogP contribution is 2.15. The maximum Gasteiger partial charge on any atom is 0.410 e. The molecule has 0 aliphatic carbocycles. The minimum absolute atomic E-state index is 0.120. The molecule has 0 aromatic heterocycles. The van der Waals surface area contributed by atoms with E-state index in [0.717, 1.165) is 0 Å². The van der Waals surface area contributed by atoms with Crippen LogP contribution in [0.4, 0.5) is 9.59 Å². The number of carbonyl (C=O) groups is 2. The maximum absolute atomic E-state index is 11.5. The zero-order valence-electron chi connectivity index (χ0n) is 9.44. The first kappa shape index (κ1) is 13.1. The quantitative estimate of drug-likeness (QED) is 0.705. The van der Waals surface area contributed by atoms with Gasteiger partial charge in [-0.25, -0.2) is 9.59 Å². The van der Waals surface area contributed by atoms with E-state index in [0.29, 0.717) is 25.9 Å². The zero-order chi connectivity index (χ0) is 12.1. The number of carbonyl (C=O) groups excluding carboxylic acids is 2. The molecule has 0 unspecified atom stereocenters. The van der Waals surface area contributed by atoms with Crippen molar-refractivity contribution in [3.05, 3.63) is 0 Å². The Balaban J connectivity index is 2.31. The molecule has 0 saturated carbocycles. The van der Waals surface area contributed by atoms with Crippen molar-refractivity contribution < 1.29 is 19.1 Å². The Labute approximate surface area is 99.6 Å². The smallest absolute Gasteiger partial charge is 0.410 e. The Morgan fingerprint density at radius 2 is 1.88 bits per heavy atom. The molecule has 1 saturated heterocycles. The van der Waals surface area contributed by atoms with Crippen molar-refractivity contribution >= 4 is 23.1 Å². The van der Waals surface area contributed by atoms with Gasteiger partial charge in [-0.05, 0) is 13.8 Å². The number of piperidine rings is 1. The third-order valence-corrected chi connectivity index (χ3v) is 2.39. The number of rotatable bonds is 2. The van der Waals surface area contributed by atoms with Gasteiger partial charge in [0.1, 0.15) is 6.10 Å². The number of hydrogen-bond donors (Lipinski definition) is 0. The zero-order valence-corrected chi connectivity index (χ0v) is 10.2. The van der Waals surface area contributed by atoms with Crippen LogP contribution in [-0.2, 0) is 9.47 Å². The molecule has 0 bridgehead atoms. The maximum atomic E-state index is 11.5. The van der Waals surface area contributed by atoms with Crippen LogP contribution in [-0.4, -0.2) is 41.7 Å². The molecule has 1 aliphatic heterocycles. The van der Waals surface area contributed by atoms with E-state index in [4.69, 9.17) is 21.1 Å². The van der Waals surface area contributed by atoms with Crippen molar-refractivity contribution in [2.24, 2.45) is 0 Å². The fourth-order valence-electron chi connectivity index (χ4n) is 1.56. The normalized spacial score (nSPS) is 17.4. The van der Waals surface area contributed by atoms with Crippen LogP contribution in [0.1, 0.15) is 26.7 Å². The second-order valence-corrected chi connectivity index (χ2v) is 4.28. The van der Waals surface area contributed by atoms with Gasteiger partial charge in [0, 0.05) is 37.5 Å². The van der Waals surface area contributed by atoms with Crippen molar-refractivity contribution in [1.82, 2.24) is 4.90 Å². The van der Waals surface area contributed by atoms with Crippen LogP contribution in [0.2, 0.25) is 0 Å². The lowest BCUT2D eigenvalue weighted by atomic mass is 10.1. The Morgan fingerprint density at radius 1 is 1.31 bits per heavy atom. The SMILES string of the molecule is CC(C)OC(=O)N1CCC(OC(=O)Cl)CC1. The van der Waals surface area contributed by atoms with Crippen molar-refractivity contribution in [3.8, 4) is 0 Å². The predicted octanol–water partition coefficient (Wildman–Crippen LogP) is 2.37. The second kappa shape index (κ2) is 5.94. The van der Waals surface area contributed by atoms with Gasteiger partial charge in [-0.1, -0.05) is 0 Å². The molecule has 16 heavy (non-hydrogen) atoms. The molecule has 0 spiro atoms. The first-order chi connectivity index (χ1) is 7.49. The van der Waals surface area contributed by atoms with Gasteiger partial charge in [-0.15, -0.1) is 0 Å². The molecule has 1 rings (SSSR count). The molecule has 1 amide bonds. The predicted molar refractivity (Wildman–Crippen MR) is 58.5 cm³/mol. The van der Waals surface area contributed by atoms with Gasteiger partial charge in [-0.2, -0.15) is 0 Å². The Bertz CT molecular complexity index is 262. The topological polar surface area (TPSA) is 55.8 Å². The molecule has 0 aromatic carbocycles. The van der Waals surface area contributed by atoms with Gasteiger partial charge in [-0.3, -0.25) is 0 Å². The molecule has 0 atom stereocenters. The summed E-state index contributed by atoms with van der Waals surface area (Å²) in [5.41, 5.74) is -0.789. The molecule has 0 radical (unpaired) electrons. The van der Waals surface area contributed by atoms with Crippen molar-refractivity contribution in [3.63, 3.8) is 0 Å². The molecule has 92 valence electrons. The molecule has 0 aromatic rings. The Hall–Kier alpha value is -0.970. The second-order valence-electron chi connectivity index (χ2n) is 3.97. The first-order valence-electron chi connectivity index (χ1n) is 5.30. The average Bonchev–Trinajstić information content (AvgIpc) is 2.16. The average molecular weight is 250 g/mol. The van der Waals surface area contributed by atoms with Gasteiger partial charge < -0.3 is 14.4 Å². The van der Waals surface area contributed by atoms with Gasteiger partial charge in [0.15, 0.2) is 0 Å². The number of hydrogen-bond acceptors (Lipinski definition) is 4. The molecular weight excluding hydrogens is 234 g/mol. The number of halogens is 1. The number of nitrogens with zero attached hydrogens (tertiary/aromatic N) is 1. The summed E-state index contributed by atoms with van der Waals surface area (Å²) in [5.74, 6) is 0. The molecular formula is C10H16ClNO4. The van der Waals surface area contributed by atoms with Crippen LogP contribution < -0.4 is 0 Å². The third kappa shape index (κ3) is 4.26. The van der Waals surface area contributed by atoms with Crippen molar-refractivity contribution in [1.29, 1.82) is 0 Å². The van der Waals surface area contributed by atoms with Gasteiger partial charge in [0.2, 0.25) is 0 Å².